The number of ether oxygens (including phenoxy) is 3. The molecule has 0 amide bonds. The maximum atomic E-state index is 12.8. The number of esters is 3. The van der Waals surface area contributed by atoms with Crippen LogP contribution in [0.25, 0.3) is 0 Å². The van der Waals surface area contributed by atoms with E-state index in [-0.39, 0.29) is 37.5 Å². The second kappa shape index (κ2) is 50.2. The van der Waals surface area contributed by atoms with Crippen molar-refractivity contribution in [1.29, 1.82) is 0 Å². The number of hydrogen-bond donors (Lipinski definition) is 0. The molecular formula is C56H94O6. The van der Waals surface area contributed by atoms with Gasteiger partial charge in [0, 0.05) is 19.3 Å². The Balaban J connectivity index is 4.48. The third-order valence-corrected chi connectivity index (χ3v) is 10.6. The highest BCUT2D eigenvalue weighted by molar-refractivity contribution is 5.71. The van der Waals surface area contributed by atoms with Crippen LogP contribution in [0.2, 0.25) is 0 Å². The van der Waals surface area contributed by atoms with Crippen molar-refractivity contribution in [3.63, 3.8) is 0 Å². The number of carbonyl (C=O) groups excluding carboxylic acids is 3. The van der Waals surface area contributed by atoms with E-state index in [9.17, 15) is 14.4 Å². The van der Waals surface area contributed by atoms with E-state index in [4.69, 9.17) is 14.2 Å². The molecule has 0 aliphatic rings. The minimum absolute atomic E-state index is 0.101. The van der Waals surface area contributed by atoms with Crippen LogP contribution in [0.3, 0.4) is 0 Å². The fourth-order valence-corrected chi connectivity index (χ4v) is 6.80. The van der Waals surface area contributed by atoms with E-state index in [1.807, 2.05) is 0 Å². The lowest BCUT2D eigenvalue weighted by atomic mass is 10.0. The Morgan fingerprint density at radius 1 is 0.339 bits per heavy atom. The minimum Gasteiger partial charge on any atom is -0.462 e. The summed E-state index contributed by atoms with van der Waals surface area (Å²) in [6.07, 6.45) is 64.2. The van der Waals surface area contributed by atoms with E-state index >= 15 is 0 Å². The van der Waals surface area contributed by atoms with Crippen LogP contribution >= 0.6 is 0 Å². The predicted molar refractivity (Wildman–Crippen MR) is 265 cm³/mol. The van der Waals surface area contributed by atoms with E-state index in [2.05, 4.69) is 106 Å². The predicted octanol–water partition coefficient (Wildman–Crippen LogP) is 16.8. The van der Waals surface area contributed by atoms with E-state index in [0.717, 1.165) is 103 Å². The first-order chi connectivity index (χ1) is 30.5. The van der Waals surface area contributed by atoms with Crippen molar-refractivity contribution in [3.8, 4) is 0 Å². The molecule has 0 heterocycles. The average molecular weight is 863 g/mol. The molecule has 0 rings (SSSR count). The topological polar surface area (TPSA) is 78.9 Å². The van der Waals surface area contributed by atoms with Gasteiger partial charge in [-0.2, -0.15) is 0 Å². The summed E-state index contributed by atoms with van der Waals surface area (Å²) in [5, 5.41) is 0. The Labute approximate surface area is 382 Å². The van der Waals surface area contributed by atoms with Gasteiger partial charge in [0.1, 0.15) is 13.2 Å². The van der Waals surface area contributed by atoms with Gasteiger partial charge in [-0.15, -0.1) is 0 Å². The van der Waals surface area contributed by atoms with Gasteiger partial charge in [-0.05, 0) is 89.9 Å². The minimum atomic E-state index is -0.803. The highest BCUT2D eigenvalue weighted by Crippen LogP contribution is 2.14. The molecule has 0 fully saturated rings. The molecule has 0 aromatic heterocycles. The summed E-state index contributed by atoms with van der Waals surface area (Å²) in [5.74, 6) is -0.974. The molecule has 0 radical (unpaired) electrons. The van der Waals surface area contributed by atoms with E-state index in [1.165, 1.54) is 83.5 Å². The van der Waals surface area contributed by atoms with Gasteiger partial charge in [-0.1, -0.05) is 209 Å². The molecule has 0 saturated carbocycles. The molecule has 0 spiro atoms. The molecule has 6 nitrogen and oxygen atoms in total. The number of rotatable bonds is 45. The van der Waals surface area contributed by atoms with Gasteiger partial charge in [-0.25, -0.2) is 0 Å². The SMILES string of the molecule is CC/C=C\C/C=C\C/C=C\C/C=C\C/C=C\CCCC(=O)OC[C@H](COC(=O)CCCCCCC/C=C\C/C=C\CCCCC)OC(=O)CCCCCCCCCCCCCC. The van der Waals surface area contributed by atoms with Crippen molar-refractivity contribution < 1.29 is 28.6 Å². The number of unbranched alkanes of at least 4 members (excludes halogenated alkanes) is 20. The van der Waals surface area contributed by atoms with Gasteiger partial charge in [0.15, 0.2) is 6.10 Å². The fraction of sp³-hybridized carbons (Fsp3) is 0.696. The average Bonchev–Trinajstić information content (AvgIpc) is 3.27. The van der Waals surface area contributed by atoms with Crippen LogP contribution in [0, 0.1) is 0 Å². The zero-order chi connectivity index (χ0) is 45.1. The maximum absolute atomic E-state index is 12.8. The molecule has 6 heteroatoms. The van der Waals surface area contributed by atoms with Gasteiger partial charge in [0.2, 0.25) is 0 Å². The summed E-state index contributed by atoms with van der Waals surface area (Å²) in [6, 6.07) is 0. The summed E-state index contributed by atoms with van der Waals surface area (Å²) in [4.78, 5) is 37.9. The van der Waals surface area contributed by atoms with Crippen molar-refractivity contribution in [2.75, 3.05) is 13.2 Å². The van der Waals surface area contributed by atoms with Crippen molar-refractivity contribution in [1.82, 2.24) is 0 Å². The van der Waals surface area contributed by atoms with Crippen LogP contribution in [0.4, 0.5) is 0 Å². The van der Waals surface area contributed by atoms with Gasteiger partial charge >= 0.3 is 17.9 Å². The zero-order valence-corrected chi connectivity index (χ0v) is 40.4. The van der Waals surface area contributed by atoms with Crippen LogP contribution in [0.5, 0.6) is 0 Å². The molecule has 0 aliphatic heterocycles. The molecule has 354 valence electrons. The lowest BCUT2D eigenvalue weighted by Gasteiger charge is -2.18. The fourth-order valence-electron chi connectivity index (χ4n) is 6.80. The molecule has 0 aromatic rings. The van der Waals surface area contributed by atoms with Gasteiger partial charge < -0.3 is 14.2 Å². The second-order valence-electron chi connectivity index (χ2n) is 16.7. The Morgan fingerprint density at radius 3 is 1.08 bits per heavy atom. The third-order valence-electron chi connectivity index (χ3n) is 10.6. The summed E-state index contributed by atoms with van der Waals surface area (Å²) >= 11 is 0. The number of allylic oxidation sites excluding steroid dienone is 14. The van der Waals surface area contributed by atoms with Crippen molar-refractivity contribution in [2.45, 2.75) is 239 Å². The molecule has 0 N–H and O–H groups in total. The van der Waals surface area contributed by atoms with Crippen LogP contribution in [0.1, 0.15) is 233 Å². The van der Waals surface area contributed by atoms with E-state index in [1.54, 1.807) is 0 Å². The van der Waals surface area contributed by atoms with Crippen LogP contribution in [-0.2, 0) is 28.6 Å². The van der Waals surface area contributed by atoms with E-state index < -0.39 is 6.10 Å². The van der Waals surface area contributed by atoms with Gasteiger partial charge in [-0.3, -0.25) is 14.4 Å². The first kappa shape index (κ1) is 58.6. The lowest BCUT2D eigenvalue weighted by molar-refractivity contribution is -0.167. The smallest absolute Gasteiger partial charge is 0.306 e. The molecular weight excluding hydrogens is 769 g/mol. The van der Waals surface area contributed by atoms with Crippen molar-refractivity contribution >= 4 is 17.9 Å². The molecule has 0 unspecified atom stereocenters. The second-order valence-corrected chi connectivity index (χ2v) is 16.7. The van der Waals surface area contributed by atoms with Crippen LogP contribution in [0.15, 0.2) is 85.1 Å². The first-order valence-electron chi connectivity index (χ1n) is 25.6. The van der Waals surface area contributed by atoms with Crippen molar-refractivity contribution in [2.24, 2.45) is 0 Å². The Bertz CT molecular complexity index is 1220. The number of hydrogen-bond acceptors (Lipinski definition) is 6. The Morgan fingerprint density at radius 2 is 0.645 bits per heavy atom. The van der Waals surface area contributed by atoms with Crippen molar-refractivity contribution in [3.05, 3.63) is 85.1 Å². The van der Waals surface area contributed by atoms with Crippen LogP contribution in [-0.4, -0.2) is 37.2 Å². The largest absolute Gasteiger partial charge is 0.462 e. The monoisotopic (exact) mass is 863 g/mol. The standard InChI is InChI=1S/C56H94O6/c1-4-7-10-13-16-19-22-25-27-28-30-32-35-37-40-43-46-49-55(58)61-52-53(62-56(59)50-47-44-41-38-33-24-21-18-15-12-9-6-3)51-60-54(57)48-45-42-39-36-34-31-29-26-23-20-17-14-11-8-5-2/h7,10,16-17,19-20,25-27,29-30,32,37,40,53H,4-6,8-9,11-15,18,21-24,28,31,33-36,38-39,41-52H2,1-3H3/b10-7-,19-16-,20-17-,27-25-,29-26-,32-30-,40-37-/t53-/m0/s1. The Kier molecular flexibility index (Phi) is 47.5. The van der Waals surface area contributed by atoms with Gasteiger partial charge in [0.05, 0.1) is 0 Å². The van der Waals surface area contributed by atoms with Gasteiger partial charge in [0.25, 0.3) is 0 Å². The highest BCUT2D eigenvalue weighted by Gasteiger charge is 2.19. The number of carbonyl (C=O) groups is 3. The van der Waals surface area contributed by atoms with Crippen LogP contribution < -0.4 is 0 Å². The quantitative estimate of drug-likeness (QED) is 0.0263. The molecule has 0 bridgehead atoms. The molecule has 0 aliphatic carbocycles. The zero-order valence-electron chi connectivity index (χ0n) is 40.4. The molecule has 0 aromatic carbocycles. The van der Waals surface area contributed by atoms with E-state index in [0.29, 0.717) is 19.3 Å². The first-order valence-corrected chi connectivity index (χ1v) is 25.6. The third kappa shape index (κ3) is 47.6. The normalized spacial score (nSPS) is 12.8. The summed E-state index contributed by atoms with van der Waals surface area (Å²) in [7, 11) is 0. The summed E-state index contributed by atoms with van der Waals surface area (Å²) in [6.45, 7) is 6.43. The highest BCUT2D eigenvalue weighted by atomic mass is 16.6. The molecule has 62 heavy (non-hydrogen) atoms. The lowest BCUT2D eigenvalue weighted by Crippen LogP contribution is -2.30. The molecule has 0 saturated heterocycles. The summed E-state index contributed by atoms with van der Waals surface area (Å²) in [5.41, 5.74) is 0. The summed E-state index contributed by atoms with van der Waals surface area (Å²) < 4.78 is 16.7. The molecule has 1 atom stereocenters. The Hall–Kier alpha value is -3.41. The maximum Gasteiger partial charge on any atom is 0.306 e.